The fourth-order valence-electron chi connectivity index (χ4n) is 3.43. The predicted octanol–water partition coefficient (Wildman–Crippen LogP) is 3.62. The number of nitrogens with zero attached hydrogens (tertiary/aromatic N) is 1. The predicted molar refractivity (Wildman–Crippen MR) is 93.9 cm³/mol. The van der Waals surface area contributed by atoms with E-state index in [1.807, 2.05) is 6.92 Å². The molecular formula is C20H25NO2. The van der Waals surface area contributed by atoms with Gasteiger partial charge in [-0.25, -0.2) is 0 Å². The van der Waals surface area contributed by atoms with Crippen molar-refractivity contribution in [2.75, 3.05) is 32.8 Å². The molecule has 1 saturated heterocycles. The summed E-state index contributed by atoms with van der Waals surface area (Å²) in [5.41, 5.74) is 1.18. The molecule has 0 aromatic heterocycles. The second kappa shape index (κ2) is 7.71. The summed E-state index contributed by atoms with van der Waals surface area (Å²) in [4.78, 5) is 15.0. The van der Waals surface area contributed by atoms with Crippen molar-refractivity contribution in [3.63, 3.8) is 0 Å². The average Bonchev–Trinajstić information content (AvgIpc) is 2.62. The van der Waals surface area contributed by atoms with E-state index in [2.05, 4.69) is 47.4 Å². The van der Waals surface area contributed by atoms with Crippen molar-refractivity contribution < 1.29 is 9.53 Å². The zero-order valence-electron chi connectivity index (χ0n) is 13.8. The number of hydrogen-bond donors (Lipinski definition) is 0. The minimum absolute atomic E-state index is 0.00561. The van der Waals surface area contributed by atoms with E-state index in [0.717, 1.165) is 39.3 Å². The van der Waals surface area contributed by atoms with Crippen molar-refractivity contribution in [1.82, 2.24) is 4.90 Å². The Morgan fingerprint density at radius 2 is 1.87 bits per heavy atom. The molecule has 23 heavy (non-hydrogen) atoms. The van der Waals surface area contributed by atoms with Crippen LogP contribution >= 0.6 is 0 Å². The highest BCUT2D eigenvalue weighted by Gasteiger charge is 2.22. The van der Waals surface area contributed by atoms with Gasteiger partial charge in [0.05, 0.1) is 13.2 Å². The number of morpholine rings is 1. The maximum Gasteiger partial charge on any atom is 0.140 e. The van der Waals surface area contributed by atoms with Crippen LogP contribution in [0, 0.1) is 0 Å². The summed E-state index contributed by atoms with van der Waals surface area (Å²) in [6.45, 7) is 6.49. The zero-order valence-corrected chi connectivity index (χ0v) is 13.8. The lowest BCUT2D eigenvalue weighted by atomic mass is 9.86. The molecule has 3 nitrogen and oxygen atoms in total. The van der Waals surface area contributed by atoms with E-state index in [9.17, 15) is 4.79 Å². The van der Waals surface area contributed by atoms with Crippen LogP contribution in [0.1, 0.15) is 31.2 Å². The molecule has 1 fully saturated rings. The summed E-state index contributed by atoms with van der Waals surface area (Å²) >= 11 is 0. The lowest BCUT2D eigenvalue weighted by molar-refractivity contribution is -0.120. The van der Waals surface area contributed by atoms with Gasteiger partial charge in [0.2, 0.25) is 0 Å². The lowest BCUT2D eigenvalue weighted by Gasteiger charge is -2.28. The van der Waals surface area contributed by atoms with Crippen molar-refractivity contribution in [3.8, 4) is 0 Å². The van der Waals surface area contributed by atoms with Gasteiger partial charge in [0.1, 0.15) is 5.78 Å². The number of ether oxygens (including phenoxy) is 1. The molecule has 1 atom stereocenters. The SMILES string of the molecule is CCC(=O)C(CCN1CCOCC1)c1cccc2ccccc12. The molecule has 1 unspecified atom stereocenters. The molecule has 0 bridgehead atoms. The Bertz CT molecular complexity index is 656. The molecule has 0 aliphatic carbocycles. The van der Waals surface area contributed by atoms with Gasteiger partial charge in [-0.3, -0.25) is 9.69 Å². The molecule has 0 radical (unpaired) electrons. The fraction of sp³-hybridized carbons (Fsp3) is 0.450. The van der Waals surface area contributed by atoms with Crippen LogP contribution in [0.4, 0.5) is 0 Å². The molecule has 1 aliphatic heterocycles. The van der Waals surface area contributed by atoms with E-state index in [0.29, 0.717) is 12.2 Å². The van der Waals surface area contributed by atoms with E-state index < -0.39 is 0 Å². The minimum Gasteiger partial charge on any atom is -0.379 e. The van der Waals surface area contributed by atoms with Gasteiger partial charge in [0.25, 0.3) is 0 Å². The van der Waals surface area contributed by atoms with Crippen LogP contribution in [0.2, 0.25) is 0 Å². The molecule has 122 valence electrons. The standard InChI is InChI=1S/C20H25NO2/c1-2-20(22)19(10-11-21-12-14-23-15-13-21)18-9-5-7-16-6-3-4-8-17(16)18/h3-9,19H,2,10-15H2,1H3. The molecule has 0 N–H and O–H groups in total. The van der Waals surface area contributed by atoms with Gasteiger partial charge in [-0.15, -0.1) is 0 Å². The van der Waals surface area contributed by atoms with Crippen LogP contribution < -0.4 is 0 Å². The first-order valence-corrected chi connectivity index (χ1v) is 8.60. The summed E-state index contributed by atoms with van der Waals surface area (Å²) in [5.74, 6) is 0.337. The van der Waals surface area contributed by atoms with E-state index in [1.54, 1.807) is 0 Å². The van der Waals surface area contributed by atoms with Gasteiger partial charge in [-0.2, -0.15) is 0 Å². The molecule has 0 amide bonds. The smallest absolute Gasteiger partial charge is 0.140 e. The highest BCUT2D eigenvalue weighted by molar-refractivity contribution is 5.93. The normalized spacial score (nSPS) is 17.3. The maximum atomic E-state index is 12.6. The maximum absolute atomic E-state index is 12.6. The number of ketones is 1. The van der Waals surface area contributed by atoms with Crippen molar-refractivity contribution in [1.29, 1.82) is 0 Å². The Balaban J connectivity index is 1.84. The van der Waals surface area contributed by atoms with Crippen LogP contribution in [0.3, 0.4) is 0 Å². The van der Waals surface area contributed by atoms with E-state index in [-0.39, 0.29) is 5.92 Å². The molecule has 1 heterocycles. The van der Waals surface area contributed by atoms with Gasteiger partial charge in [0, 0.05) is 25.4 Å². The summed E-state index contributed by atoms with van der Waals surface area (Å²) in [6, 6.07) is 14.7. The molecule has 3 rings (SSSR count). The quantitative estimate of drug-likeness (QED) is 0.816. The summed E-state index contributed by atoms with van der Waals surface area (Å²) in [7, 11) is 0. The van der Waals surface area contributed by atoms with Crippen LogP contribution in [0.5, 0.6) is 0 Å². The van der Waals surface area contributed by atoms with Gasteiger partial charge in [-0.1, -0.05) is 49.4 Å². The van der Waals surface area contributed by atoms with Gasteiger partial charge >= 0.3 is 0 Å². The van der Waals surface area contributed by atoms with Crippen molar-refractivity contribution >= 4 is 16.6 Å². The summed E-state index contributed by atoms with van der Waals surface area (Å²) in [6.07, 6.45) is 1.48. The first-order valence-electron chi connectivity index (χ1n) is 8.60. The van der Waals surface area contributed by atoms with Crippen molar-refractivity contribution in [2.24, 2.45) is 0 Å². The third-order valence-corrected chi connectivity index (χ3v) is 4.77. The second-order valence-electron chi connectivity index (χ2n) is 6.18. The van der Waals surface area contributed by atoms with E-state index in [4.69, 9.17) is 4.74 Å². The van der Waals surface area contributed by atoms with Crippen molar-refractivity contribution in [2.45, 2.75) is 25.7 Å². The van der Waals surface area contributed by atoms with Gasteiger partial charge < -0.3 is 4.74 Å². The average molecular weight is 311 g/mol. The Kier molecular flexibility index (Phi) is 5.42. The fourth-order valence-corrected chi connectivity index (χ4v) is 3.43. The van der Waals surface area contributed by atoms with E-state index in [1.165, 1.54) is 16.3 Å². The largest absolute Gasteiger partial charge is 0.379 e. The Morgan fingerprint density at radius 3 is 2.65 bits per heavy atom. The van der Waals surface area contributed by atoms with Crippen LogP contribution in [-0.2, 0) is 9.53 Å². The molecular weight excluding hydrogens is 286 g/mol. The molecule has 0 saturated carbocycles. The topological polar surface area (TPSA) is 29.5 Å². The minimum atomic E-state index is -0.00561. The number of Topliss-reactive ketones (excluding diaryl/α,β-unsaturated/α-hetero) is 1. The van der Waals surface area contributed by atoms with E-state index >= 15 is 0 Å². The highest BCUT2D eigenvalue weighted by atomic mass is 16.5. The third-order valence-electron chi connectivity index (χ3n) is 4.77. The monoisotopic (exact) mass is 311 g/mol. The number of benzene rings is 2. The van der Waals surface area contributed by atoms with Crippen LogP contribution in [0.15, 0.2) is 42.5 Å². The summed E-state index contributed by atoms with van der Waals surface area (Å²) < 4.78 is 5.41. The molecule has 2 aromatic rings. The third kappa shape index (κ3) is 3.80. The first-order chi connectivity index (χ1) is 11.3. The van der Waals surface area contributed by atoms with Crippen LogP contribution in [0.25, 0.3) is 10.8 Å². The lowest BCUT2D eigenvalue weighted by Crippen LogP contribution is -2.37. The second-order valence-corrected chi connectivity index (χ2v) is 6.18. The molecule has 2 aromatic carbocycles. The molecule has 1 aliphatic rings. The molecule has 3 heteroatoms. The first kappa shape index (κ1) is 16.2. The number of carbonyl (C=O) groups excluding carboxylic acids is 1. The zero-order chi connectivity index (χ0) is 16.1. The highest BCUT2D eigenvalue weighted by Crippen LogP contribution is 2.29. The Hall–Kier alpha value is -1.71. The van der Waals surface area contributed by atoms with Gasteiger partial charge in [-0.05, 0) is 29.3 Å². The van der Waals surface area contributed by atoms with Gasteiger partial charge in [0.15, 0.2) is 0 Å². The van der Waals surface area contributed by atoms with Crippen LogP contribution in [-0.4, -0.2) is 43.5 Å². The molecule has 0 spiro atoms. The van der Waals surface area contributed by atoms with Crippen molar-refractivity contribution in [3.05, 3.63) is 48.0 Å². The Labute approximate surface area is 138 Å². The summed E-state index contributed by atoms with van der Waals surface area (Å²) in [5, 5.41) is 2.43. The number of fused-ring (bicyclic) bond motifs is 1. The number of carbonyl (C=O) groups is 1. The Morgan fingerprint density at radius 1 is 1.13 bits per heavy atom. The number of hydrogen-bond acceptors (Lipinski definition) is 3. The number of rotatable bonds is 6.